The van der Waals surface area contributed by atoms with E-state index in [0.717, 1.165) is 19.8 Å². The van der Waals surface area contributed by atoms with E-state index in [2.05, 4.69) is 6.92 Å². The molecule has 1 aliphatic heterocycles. The molecule has 0 spiro atoms. The molecule has 1 aliphatic rings. The van der Waals surface area contributed by atoms with Gasteiger partial charge in [0.25, 0.3) is 0 Å². The lowest BCUT2D eigenvalue weighted by atomic mass is 10.2. The van der Waals surface area contributed by atoms with E-state index in [1.807, 2.05) is 0 Å². The topological polar surface area (TPSA) is 18.5 Å². The minimum Gasteiger partial charge on any atom is -0.376 e. The Morgan fingerprint density at radius 1 is 1.40 bits per heavy atom. The van der Waals surface area contributed by atoms with Gasteiger partial charge in [0, 0.05) is 6.61 Å². The lowest BCUT2D eigenvalue weighted by Gasteiger charge is -2.25. The molecule has 0 aliphatic carbocycles. The Balaban J connectivity index is 1.76. The molecule has 60 valence electrons. The normalized spacial score (nSPS) is 18.9. The van der Waals surface area contributed by atoms with Gasteiger partial charge in [-0.2, -0.15) is 0 Å². The molecule has 0 N–H and O–H groups in total. The van der Waals surface area contributed by atoms with Crippen LogP contribution in [0.3, 0.4) is 0 Å². The molecule has 1 saturated heterocycles. The minimum absolute atomic E-state index is 0.414. The van der Waals surface area contributed by atoms with Crippen molar-refractivity contribution in [2.45, 2.75) is 32.3 Å². The van der Waals surface area contributed by atoms with Crippen LogP contribution >= 0.6 is 0 Å². The van der Waals surface area contributed by atoms with Gasteiger partial charge in [0.15, 0.2) is 0 Å². The third kappa shape index (κ3) is 2.67. The van der Waals surface area contributed by atoms with Crippen LogP contribution in [0, 0.1) is 0 Å². The van der Waals surface area contributed by atoms with Crippen molar-refractivity contribution in [1.82, 2.24) is 0 Å². The first-order valence-electron chi connectivity index (χ1n) is 4.13. The standard InChI is InChI=1S/C8H16O2/c1-2-3-4-5-10-8-6-9-7-8/h8H,2-7H2,1H3. The monoisotopic (exact) mass is 144 g/mol. The van der Waals surface area contributed by atoms with Crippen molar-refractivity contribution in [2.24, 2.45) is 0 Å². The molecule has 0 aromatic carbocycles. The second kappa shape index (κ2) is 4.69. The van der Waals surface area contributed by atoms with Crippen LogP contribution in [0.25, 0.3) is 0 Å². The van der Waals surface area contributed by atoms with Gasteiger partial charge in [0.1, 0.15) is 6.10 Å². The van der Waals surface area contributed by atoms with Gasteiger partial charge in [-0.15, -0.1) is 0 Å². The fourth-order valence-corrected chi connectivity index (χ4v) is 0.912. The van der Waals surface area contributed by atoms with Crippen LogP contribution in [-0.2, 0) is 9.47 Å². The van der Waals surface area contributed by atoms with E-state index in [9.17, 15) is 0 Å². The Hall–Kier alpha value is -0.0800. The molecule has 1 fully saturated rings. The average molecular weight is 144 g/mol. The summed E-state index contributed by atoms with van der Waals surface area (Å²) < 4.78 is 10.4. The van der Waals surface area contributed by atoms with E-state index in [1.54, 1.807) is 0 Å². The predicted molar refractivity (Wildman–Crippen MR) is 40.1 cm³/mol. The van der Waals surface area contributed by atoms with E-state index in [4.69, 9.17) is 9.47 Å². The Morgan fingerprint density at radius 3 is 2.70 bits per heavy atom. The quantitative estimate of drug-likeness (QED) is 0.545. The minimum atomic E-state index is 0.414. The molecule has 2 nitrogen and oxygen atoms in total. The maximum atomic E-state index is 5.46. The second-order valence-electron chi connectivity index (χ2n) is 2.74. The van der Waals surface area contributed by atoms with Gasteiger partial charge in [0.05, 0.1) is 13.2 Å². The van der Waals surface area contributed by atoms with Crippen LogP contribution in [0.5, 0.6) is 0 Å². The lowest BCUT2D eigenvalue weighted by Crippen LogP contribution is -2.36. The highest BCUT2D eigenvalue weighted by molar-refractivity contribution is 4.63. The van der Waals surface area contributed by atoms with Crippen molar-refractivity contribution in [3.8, 4) is 0 Å². The number of ether oxygens (including phenoxy) is 2. The van der Waals surface area contributed by atoms with Gasteiger partial charge >= 0.3 is 0 Å². The number of unbranched alkanes of at least 4 members (excludes halogenated alkanes) is 2. The molecule has 0 radical (unpaired) electrons. The zero-order chi connectivity index (χ0) is 7.23. The first-order valence-corrected chi connectivity index (χ1v) is 4.13. The fraction of sp³-hybridized carbons (Fsp3) is 1.00. The van der Waals surface area contributed by atoms with E-state index in [0.29, 0.717) is 6.10 Å². The SMILES string of the molecule is CCCCCOC1COC1. The summed E-state index contributed by atoms with van der Waals surface area (Å²) in [6, 6.07) is 0. The Labute approximate surface area is 62.5 Å². The summed E-state index contributed by atoms with van der Waals surface area (Å²) in [5.41, 5.74) is 0. The maximum absolute atomic E-state index is 5.46. The molecule has 0 bridgehead atoms. The molecule has 0 saturated carbocycles. The summed E-state index contributed by atoms with van der Waals surface area (Å²) in [6.45, 7) is 4.74. The third-order valence-corrected chi connectivity index (χ3v) is 1.71. The van der Waals surface area contributed by atoms with E-state index >= 15 is 0 Å². The smallest absolute Gasteiger partial charge is 0.104 e. The lowest BCUT2D eigenvalue weighted by molar-refractivity contribution is -0.129. The molecular weight excluding hydrogens is 128 g/mol. The van der Waals surface area contributed by atoms with Crippen LogP contribution in [0.15, 0.2) is 0 Å². The summed E-state index contributed by atoms with van der Waals surface area (Å²) in [6.07, 6.45) is 4.17. The highest BCUT2D eigenvalue weighted by Gasteiger charge is 2.17. The fourth-order valence-electron chi connectivity index (χ4n) is 0.912. The molecule has 0 aromatic rings. The molecule has 0 amide bonds. The molecule has 10 heavy (non-hydrogen) atoms. The average Bonchev–Trinajstić information content (AvgIpc) is 1.84. The van der Waals surface area contributed by atoms with Crippen molar-refractivity contribution in [3.05, 3.63) is 0 Å². The summed E-state index contributed by atoms with van der Waals surface area (Å²) in [5, 5.41) is 0. The van der Waals surface area contributed by atoms with E-state index in [1.165, 1.54) is 19.3 Å². The summed E-state index contributed by atoms with van der Waals surface area (Å²) in [4.78, 5) is 0. The van der Waals surface area contributed by atoms with Crippen LogP contribution in [0.1, 0.15) is 26.2 Å². The summed E-state index contributed by atoms with van der Waals surface area (Å²) in [5.74, 6) is 0. The van der Waals surface area contributed by atoms with Crippen molar-refractivity contribution in [1.29, 1.82) is 0 Å². The van der Waals surface area contributed by atoms with Gasteiger partial charge in [-0.05, 0) is 6.42 Å². The van der Waals surface area contributed by atoms with Crippen LogP contribution < -0.4 is 0 Å². The zero-order valence-corrected chi connectivity index (χ0v) is 6.64. The Morgan fingerprint density at radius 2 is 2.20 bits per heavy atom. The molecular formula is C8H16O2. The van der Waals surface area contributed by atoms with E-state index < -0.39 is 0 Å². The largest absolute Gasteiger partial charge is 0.376 e. The highest BCUT2D eigenvalue weighted by atomic mass is 16.6. The van der Waals surface area contributed by atoms with Gasteiger partial charge in [-0.1, -0.05) is 19.8 Å². The van der Waals surface area contributed by atoms with Crippen LogP contribution in [-0.4, -0.2) is 25.9 Å². The Bertz CT molecular complexity index is 79.3. The molecule has 1 rings (SSSR count). The number of hydrogen-bond acceptors (Lipinski definition) is 2. The second-order valence-corrected chi connectivity index (χ2v) is 2.74. The van der Waals surface area contributed by atoms with Crippen molar-refractivity contribution >= 4 is 0 Å². The van der Waals surface area contributed by atoms with Crippen molar-refractivity contribution in [2.75, 3.05) is 19.8 Å². The van der Waals surface area contributed by atoms with Gasteiger partial charge < -0.3 is 9.47 Å². The number of hydrogen-bond donors (Lipinski definition) is 0. The maximum Gasteiger partial charge on any atom is 0.104 e. The van der Waals surface area contributed by atoms with Crippen LogP contribution in [0.4, 0.5) is 0 Å². The van der Waals surface area contributed by atoms with Crippen LogP contribution in [0.2, 0.25) is 0 Å². The molecule has 0 atom stereocenters. The summed E-state index contributed by atoms with van der Waals surface area (Å²) >= 11 is 0. The molecule has 2 heteroatoms. The number of rotatable bonds is 5. The highest BCUT2D eigenvalue weighted by Crippen LogP contribution is 2.06. The predicted octanol–water partition coefficient (Wildman–Crippen LogP) is 1.59. The third-order valence-electron chi connectivity index (χ3n) is 1.71. The van der Waals surface area contributed by atoms with Crippen molar-refractivity contribution < 1.29 is 9.47 Å². The zero-order valence-electron chi connectivity index (χ0n) is 6.64. The van der Waals surface area contributed by atoms with E-state index in [-0.39, 0.29) is 0 Å². The molecule has 0 aromatic heterocycles. The van der Waals surface area contributed by atoms with Crippen molar-refractivity contribution in [3.63, 3.8) is 0 Å². The molecule has 1 heterocycles. The van der Waals surface area contributed by atoms with Gasteiger partial charge in [-0.3, -0.25) is 0 Å². The van der Waals surface area contributed by atoms with Gasteiger partial charge in [-0.25, -0.2) is 0 Å². The Kier molecular flexibility index (Phi) is 3.76. The molecule has 0 unspecified atom stereocenters. The summed E-state index contributed by atoms with van der Waals surface area (Å²) in [7, 11) is 0. The first-order chi connectivity index (χ1) is 4.93. The first kappa shape index (κ1) is 8.02. The van der Waals surface area contributed by atoms with Gasteiger partial charge in [0.2, 0.25) is 0 Å².